The molecule has 1 aliphatic rings. The van der Waals surface area contributed by atoms with Gasteiger partial charge in [-0.1, -0.05) is 35.9 Å². The van der Waals surface area contributed by atoms with Crippen LogP contribution in [0.2, 0.25) is 0 Å². The van der Waals surface area contributed by atoms with E-state index >= 15 is 0 Å². The van der Waals surface area contributed by atoms with E-state index < -0.39 is 6.04 Å². The number of aliphatic hydroxyl groups excluding tert-OH is 1. The first kappa shape index (κ1) is 18.4. The van der Waals surface area contributed by atoms with Gasteiger partial charge in [0.2, 0.25) is 5.76 Å². The van der Waals surface area contributed by atoms with Gasteiger partial charge in [0, 0.05) is 13.2 Å². The van der Waals surface area contributed by atoms with E-state index in [0.717, 1.165) is 22.3 Å². The van der Waals surface area contributed by atoms with Crippen LogP contribution in [-0.4, -0.2) is 29.1 Å². The highest BCUT2D eigenvalue weighted by molar-refractivity contribution is 5.99. The molecule has 28 heavy (non-hydrogen) atoms. The van der Waals surface area contributed by atoms with Crippen LogP contribution in [0.4, 0.5) is 0 Å². The summed E-state index contributed by atoms with van der Waals surface area (Å²) in [4.78, 5) is 28.2. The Hall–Kier alpha value is -2.92. The standard InChI is InChI=1S/C23H23NO4/c1-13-5-7-16(8-6-13)20-19-21(26)18-15(3)11-14(2)12-17(18)28-22(19)23(27)24(20)9-4-10-25/h5-8,11-12,20,25H,4,9-10H2,1-3H3. The summed E-state index contributed by atoms with van der Waals surface area (Å²) in [7, 11) is 0. The second-order valence-electron chi connectivity index (χ2n) is 7.52. The number of aliphatic hydroxyl groups is 1. The molecule has 0 fully saturated rings. The molecular formula is C23H23NO4. The van der Waals surface area contributed by atoms with Gasteiger partial charge in [0.05, 0.1) is 17.0 Å². The molecule has 2 aromatic carbocycles. The van der Waals surface area contributed by atoms with Gasteiger partial charge in [-0.2, -0.15) is 0 Å². The predicted molar refractivity (Wildman–Crippen MR) is 108 cm³/mol. The van der Waals surface area contributed by atoms with Crippen molar-refractivity contribution in [1.82, 2.24) is 4.90 Å². The Labute approximate surface area is 163 Å². The van der Waals surface area contributed by atoms with Gasteiger partial charge in [0.25, 0.3) is 5.91 Å². The Morgan fingerprint density at radius 2 is 1.75 bits per heavy atom. The van der Waals surface area contributed by atoms with Gasteiger partial charge in [-0.3, -0.25) is 9.59 Å². The minimum Gasteiger partial charge on any atom is -0.450 e. The summed E-state index contributed by atoms with van der Waals surface area (Å²) < 4.78 is 5.99. The van der Waals surface area contributed by atoms with E-state index in [2.05, 4.69) is 0 Å². The van der Waals surface area contributed by atoms with Crippen LogP contribution in [0, 0.1) is 20.8 Å². The lowest BCUT2D eigenvalue weighted by Crippen LogP contribution is -2.31. The van der Waals surface area contributed by atoms with E-state index in [1.165, 1.54) is 0 Å². The molecule has 1 aliphatic heterocycles. The van der Waals surface area contributed by atoms with E-state index in [0.29, 0.717) is 29.5 Å². The molecule has 0 aliphatic carbocycles. The average molecular weight is 377 g/mol. The van der Waals surface area contributed by atoms with Crippen LogP contribution in [0.15, 0.2) is 45.6 Å². The first-order chi connectivity index (χ1) is 13.4. The van der Waals surface area contributed by atoms with Crippen molar-refractivity contribution in [3.05, 3.63) is 80.2 Å². The molecule has 5 heteroatoms. The van der Waals surface area contributed by atoms with E-state index in [4.69, 9.17) is 4.42 Å². The molecular weight excluding hydrogens is 354 g/mol. The summed E-state index contributed by atoms with van der Waals surface area (Å²) in [5, 5.41) is 9.80. The third-order valence-corrected chi connectivity index (χ3v) is 5.36. The highest BCUT2D eigenvalue weighted by Gasteiger charge is 2.42. The quantitative estimate of drug-likeness (QED) is 0.753. The van der Waals surface area contributed by atoms with Gasteiger partial charge >= 0.3 is 0 Å². The molecule has 1 amide bonds. The molecule has 0 spiro atoms. The molecule has 2 heterocycles. The third-order valence-electron chi connectivity index (χ3n) is 5.36. The Morgan fingerprint density at radius 1 is 1.04 bits per heavy atom. The van der Waals surface area contributed by atoms with E-state index in [9.17, 15) is 14.7 Å². The van der Waals surface area contributed by atoms with Crippen LogP contribution in [-0.2, 0) is 0 Å². The number of carbonyl (C=O) groups excluding carboxylic acids is 1. The van der Waals surface area contributed by atoms with Crippen molar-refractivity contribution < 1.29 is 14.3 Å². The molecule has 0 saturated carbocycles. The monoisotopic (exact) mass is 377 g/mol. The van der Waals surface area contributed by atoms with E-state index in [-0.39, 0.29) is 23.7 Å². The zero-order chi connectivity index (χ0) is 20.0. The van der Waals surface area contributed by atoms with Crippen LogP contribution in [0.3, 0.4) is 0 Å². The second kappa shape index (κ2) is 6.91. The molecule has 1 atom stereocenters. The number of carbonyl (C=O) groups is 1. The SMILES string of the molecule is Cc1ccc(C2c3c(oc4cc(C)cc(C)c4c3=O)C(=O)N2CCCO)cc1. The Morgan fingerprint density at radius 3 is 2.43 bits per heavy atom. The van der Waals surface area contributed by atoms with Crippen LogP contribution in [0.1, 0.15) is 50.8 Å². The highest BCUT2D eigenvalue weighted by Crippen LogP contribution is 2.38. The zero-order valence-corrected chi connectivity index (χ0v) is 16.3. The fraction of sp³-hybridized carbons (Fsp3) is 0.304. The maximum absolute atomic E-state index is 13.5. The number of amides is 1. The van der Waals surface area contributed by atoms with Crippen molar-refractivity contribution >= 4 is 16.9 Å². The van der Waals surface area contributed by atoms with Gasteiger partial charge in [0.1, 0.15) is 5.58 Å². The lowest BCUT2D eigenvalue weighted by atomic mass is 9.96. The Bertz CT molecular complexity index is 1130. The molecule has 0 saturated heterocycles. The number of hydrogen-bond acceptors (Lipinski definition) is 4. The van der Waals surface area contributed by atoms with Crippen molar-refractivity contribution in [1.29, 1.82) is 0 Å². The summed E-state index contributed by atoms with van der Waals surface area (Å²) in [5.41, 5.74) is 4.48. The summed E-state index contributed by atoms with van der Waals surface area (Å²) in [6.45, 7) is 6.15. The maximum atomic E-state index is 13.5. The smallest absolute Gasteiger partial charge is 0.290 e. The van der Waals surface area contributed by atoms with Gasteiger partial charge in [0.15, 0.2) is 5.43 Å². The molecule has 1 aromatic heterocycles. The predicted octanol–water partition coefficient (Wildman–Crippen LogP) is 3.65. The Kier molecular flexibility index (Phi) is 4.55. The van der Waals surface area contributed by atoms with Crippen LogP contribution in [0.25, 0.3) is 11.0 Å². The fourth-order valence-electron chi connectivity index (χ4n) is 4.08. The van der Waals surface area contributed by atoms with Crippen LogP contribution < -0.4 is 5.43 Å². The van der Waals surface area contributed by atoms with Crippen molar-refractivity contribution in [2.75, 3.05) is 13.2 Å². The molecule has 3 aromatic rings. The molecule has 1 N–H and O–H groups in total. The van der Waals surface area contributed by atoms with Gasteiger partial charge in [-0.15, -0.1) is 0 Å². The van der Waals surface area contributed by atoms with Crippen molar-refractivity contribution in [3.8, 4) is 0 Å². The van der Waals surface area contributed by atoms with Crippen LogP contribution in [0.5, 0.6) is 0 Å². The highest BCUT2D eigenvalue weighted by atomic mass is 16.3. The normalized spacial score (nSPS) is 16.1. The third kappa shape index (κ3) is 2.83. The number of benzene rings is 2. The average Bonchev–Trinajstić information content (AvgIpc) is 2.92. The molecule has 0 radical (unpaired) electrons. The lowest BCUT2D eigenvalue weighted by molar-refractivity contribution is 0.0716. The molecule has 4 rings (SSSR count). The summed E-state index contributed by atoms with van der Waals surface area (Å²) >= 11 is 0. The number of hydrogen-bond donors (Lipinski definition) is 1. The largest absolute Gasteiger partial charge is 0.450 e. The number of fused-ring (bicyclic) bond motifs is 2. The molecule has 144 valence electrons. The van der Waals surface area contributed by atoms with E-state index in [1.807, 2.05) is 51.1 Å². The molecule has 1 unspecified atom stereocenters. The minimum absolute atomic E-state index is 0.0254. The first-order valence-corrected chi connectivity index (χ1v) is 9.48. The fourth-order valence-corrected chi connectivity index (χ4v) is 4.08. The first-order valence-electron chi connectivity index (χ1n) is 9.48. The lowest BCUT2D eigenvalue weighted by Gasteiger charge is -2.25. The van der Waals surface area contributed by atoms with Crippen LogP contribution >= 0.6 is 0 Å². The zero-order valence-electron chi connectivity index (χ0n) is 16.3. The summed E-state index contributed by atoms with van der Waals surface area (Å²) in [5.74, 6) is -0.182. The number of aryl methyl sites for hydroxylation is 3. The maximum Gasteiger partial charge on any atom is 0.290 e. The molecule has 5 nitrogen and oxygen atoms in total. The summed E-state index contributed by atoms with van der Waals surface area (Å²) in [6, 6.07) is 11.1. The number of nitrogens with zero attached hydrogens (tertiary/aromatic N) is 1. The van der Waals surface area contributed by atoms with Gasteiger partial charge in [-0.25, -0.2) is 0 Å². The Balaban J connectivity index is 2.00. The summed E-state index contributed by atoms with van der Waals surface area (Å²) in [6.07, 6.45) is 0.438. The number of rotatable bonds is 4. The van der Waals surface area contributed by atoms with Crippen molar-refractivity contribution in [3.63, 3.8) is 0 Å². The molecule has 0 bridgehead atoms. The van der Waals surface area contributed by atoms with Gasteiger partial charge < -0.3 is 14.4 Å². The van der Waals surface area contributed by atoms with E-state index in [1.54, 1.807) is 11.0 Å². The second-order valence-corrected chi connectivity index (χ2v) is 7.52. The van der Waals surface area contributed by atoms with Crippen molar-refractivity contribution in [2.24, 2.45) is 0 Å². The minimum atomic E-state index is -0.504. The topological polar surface area (TPSA) is 70.8 Å². The van der Waals surface area contributed by atoms with Crippen molar-refractivity contribution in [2.45, 2.75) is 33.2 Å². The van der Waals surface area contributed by atoms with Gasteiger partial charge in [-0.05, 0) is 49.9 Å².